The summed E-state index contributed by atoms with van der Waals surface area (Å²) in [5.41, 5.74) is 2.26. The highest BCUT2D eigenvalue weighted by atomic mass is 32.1. The van der Waals surface area contributed by atoms with Crippen LogP contribution >= 0.6 is 11.3 Å². The van der Waals surface area contributed by atoms with Gasteiger partial charge in [0.25, 0.3) is 5.91 Å². The normalized spacial score (nSPS) is 11.4. The molecule has 1 unspecified atom stereocenters. The zero-order valence-electron chi connectivity index (χ0n) is 14.8. The van der Waals surface area contributed by atoms with Crippen LogP contribution in [0.3, 0.4) is 0 Å². The maximum atomic E-state index is 12.6. The number of thiophene rings is 1. The summed E-state index contributed by atoms with van der Waals surface area (Å²) in [5.74, 6) is -0.989. The Hall–Kier alpha value is -2.71. The van der Waals surface area contributed by atoms with Gasteiger partial charge in [-0.15, -0.1) is 11.3 Å². The first-order valence-corrected chi connectivity index (χ1v) is 9.61. The second kappa shape index (κ2) is 11.1. The summed E-state index contributed by atoms with van der Waals surface area (Å²) in [7, 11) is 0. The van der Waals surface area contributed by atoms with Crippen LogP contribution in [0.25, 0.3) is 0 Å². The fraction of sp³-hybridized carbons (Fsp3) is 0.316. The number of hydrogen-bond donors (Lipinski definition) is 4. The number of carbonyl (C=O) groups excluding carboxylic acids is 3. The van der Waals surface area contributed by atoms with Gasteiger partial charge in [-0.2, -0.15) is 0 Å². The molecule has 4 N–H and O–H groups in total. The number of para-hydroxylation sites is 1. The van der Waals surface area contributed by atoms with Crippen LogP contribution in [0.4, 0.5) is 5.69 Å². The third kappa shape index (κ3) is 7.20. The van der Waals surface area contributed by atoms with Crippen molar-refractivity contribution in [2.45, 2.75) is 38.1 Å². The Bertz CT molecular complexity index is 735. The number of anilines is 1. The molecule has 3 amide bonds. The SMILES string of the molecule is O=C(CCCCCC(NC(=O)c1cccs1)C(=O)Nc1ccccc1)NO. The van der Waals surface area contributed by atoms with E-state index in [1.54, 1.807) is 35.1 Å². The van der Waals surface area contributed by atoms with Crippen LogP contribution in [0.2, 0.25) is 0 Å². The lowest BCUT2D eigenvalue weighted by atomic mass is 10.1. The second-order valence-corrected chi connectivity index (χ2v) is 6.94. The van der Waals surface area contributed by atoms with Crippen molar-refractivity contribution < 1.29 is 19.6 Å². The molecule has 0 aliphatic rings. The Morgan fingerprint density at radius 1 is 1.00 bits per heavy atom. The second-order valence-electron chi connectivity index (χ2n) is 5.99. The standard InChI is InChI=1S/C19H23N3O4S/c23-17(22-26)12-6-2-5-10-15(21-19(25)16-11-7-13-27-16)18(24)20-14-8-3-1-4-9-14/h1,3-4,7-9,11,13,15,26H,2,5-6,10,12H2,(H,20,24)(H,21,25)(H,22,23). The summed E-state index contributed by atoms with van der Waals surface area (Å²) in [4.78, 5) is 36.5. The molecule has 1 heterocycles. The zero-order valence-corrected chi connectivity index (χ0v) is 15.6. The van der Waals surface area contributed by atoms with E-state index >= 15 is 0 Å². The van der Waals surface area contributed by atoms with Crippen molar-refractivity contribution in [2.75, 3.05) is 5.32 Å². The summed E-state index contributed by atoms with van der Waals surface area (Å²) < 4.78 is 0. The van der Waals surface area contributed by atoms with Gasteiger partial charge in [0.15, 0.2) is 0 Å². The fourth-order valence-corrected chi connectivity index (χ4v) is 3.15. The zero-order chi connectivity index (χ0) is 19.5. The van der Waals surface area contributed by atoms with E-state index in [0.29, 0.717) is 36.2 Å². The van der Waals surface area contributed by atoms with Gasteiger partial charge in [-0.25, -0.2) is 5.48 Å². The summed E-state index contributed by atoms with van der Waals surface area (Å²) in [6, 6.07) is 11.9. The lowest BCUT2D eigenvalue weighted by Crippen LogP contribution is -2.43. The van der Waals surface area contributed by atoms with E-state index in [0.717, 1.165) is 0 Å². The molecule has 7 nitrogen and oxygen atoms in total. The number of carbonyl (C=O) groups is 3. The predicted octanol–water partition coefficient (Wildman–Crippen LogP) is 2.94. The molecule has 0 saturated carbocycles. The molecule has 0 bridgehead atoms. The summed E-state index contributed by atoms with van der Waals surface area (Å²) in [6.45, 7) is 0. The van der Waals surface area contributed by atoms with Crippen LogP contribution in [-0.2, 0) is 9.59 Å². The Morgan fingerprint density at radius 3 is 2.44 bits per heavy atom. The average Bonchev–Trinajstić information content (AvgIpc) is 3.22. The van der Waals surface area contributed by atoms with Gasteiger partial charge in [0.2, 0.25) is 11.8 Å². The molecule has 27 heavy (non-hydrogen) atoms. The van der Waals surface area contributed by atoms with Crippen molar-refractivity contribution in [1.82, 2.24) is 10.8 Å². The molecule has 1 aromatic carbocycles. The van der Waals surface area contributed by atoms with Crippen molar-refractivity contribution in [1.29, 1.82) is 0 Å². The highest BCUT2D eigenvalue weighted by Gasteiger charge is 2.21. The largest absolute Gasteiger partial charge is 0.340 e. The van der Waals surface area contributed by atoms with Gasteiger partial charge in [-0.05, 0) is 36.4 Å². The van der Waals surface area contributed by atoms with Crippen molar-refractivity contribution in [2.24, 2.45) is 0 Å². The van der Waals surface area contributed by atoms with Gasteiger partial charge >= 0.3 is 0 Å². The topological polar surface area (TPSA) is 108 Å². The van der Waals surface area contributed by atoms with Crippen LogP contribution < -0.4 is 16.1 Å². The van der Waals surface area contributed by atoms with E-state index in [4.69, 9.17) is 5.21 Å². The minimum Gasteiger partial charge on any atom is -0.340 e. The van der Waals surface area contributed by atoms with Crippen molar-refractivity contribution in [3.05, 3.63) is 52.7 Å². The quantitative estimate of drug-likeness (QED) is 0.285. The van der Waals surface area contributed by atoms with Crippen molar-refractivity contribution in [3.63, 3.8) is 0 Å². The van der Waals surface area contributed by atoms with Crippen LogP contribution in [0.1, 0.15) is 41.8 Å². The Kier molecular flexibility index (Phi) is 8.47. The fourth-order valence-electron chi connectivity index (χ4n) is 2.52. The highest BCUT2D eigenvalue weighted by molar-refractivity contribution is 7.12. The van der Waals surface area contributed by atoms with Crippen molar-refractivity contribution >= 4 is 34.7 Å². The highest BCUT2D eigenvalue weighted by Crippen LogP contribution is 2.13. The predicted molar refractivity (Wildman–Crippen MR) is 104 cm³/mol. The summed E-state index contributed by atoms with van der Waals surface area (Å²) >= 11 is 1.31. The monoisotopic (exact) mass is 389 g/mol. The van der Waals surface area contributed by atoms with E-state index in [9.17, 15) is 14.4 Å². The van der Waals surface area contributed by atoms with E-state index in [2.05, 4.69) is 10.6 Å². The molecule has 144 valence electrons. The number of nitrogens with one attached hydrogen (secondary N) is 3. The molecule has 0 fully saturated rings. The van der Waals surface area contributed by atoms with Gasteiger partial charge in [0.1, 0.15) is 6.04 Å². The molecular formula is C19H23N3O4S. The van der Waals surface area contributed by atoms with Gasteiger partial charge < -0.3 is 10.6 Å². The molecule has 8 heteroatoms. The minimum atomic E-state index is -0.675. The molecule has 1 atom stereocenters. The van der Waals surface area contributed by atoms with E-state index in [1.165, 1.54) is 11.3 Å². The molecule has 2 rings (SSSR count). The lowest BCUT2D eigenvalue weighted by molar-refractivity contribution is -0.129. The average molecular weight is 389 g/mol. The van der Waals surface area contributed by atoms with Crippen LogP contribution in [0, 0.1) is 0 Å². The van der Waals surface area contributed by atoms with Crippen LogP contribution in [-0.4, -0.2) is 29.0 Å². The minimum absolute atomic E-state index is 0.221. The van der Waals surface area contributed by atoms with Gasteiger partial charge in [-0.3, -0.25) is 19.6 Å². The summed E-state index contributed by atoms with van der Waals surface area (Å²) in [6.07, 6.45) is 2.64. The first kappa shape index (κ1) is 20.6. The first-order valence-electron chi connectivity index (χ1n) is 8.73. The van der Waals surface area contributed by atoms with Gasteiger partial charge in [0.05, 0.1) is 4.88 Å². The van der Waals surface area contributed by atoms with Gasteiger partial charge in [-0.1, -0.05) is 37.1 Å². The molecule has 1 aromatic heterocycles. The number of rotatable bonds is 10. The molecule has 0 saturated heterocycles. The lowest BCUT2D eigenvalue weighted by Gasteiger charge is -2.18. The third-order valence-electron chi connectivity index (χ3n) is 3.93. The Morgan fingerprint density at radius 2 is 1.78 bits per heavy atom. The van der Waals surface area contributed by atoms with Crippen LogP contribution in [0.5, 0.6) is 0 Å². The molecule has 2 aromatic rings. The molecular weight excluding hydrogens is 366 g/mol. The number of hydroxylamine groups is 1. The van der Waals surface area contributed by atoms with E-state index in [-0.39, 0.29) is 18.2 Å². The van der Waals surface area contributed by atoms with Crippen molar-refractivity contribution in [3.8, 4) is 0 Å². The molecule has 0 aliphatic carbocycles. The molecule has 0 radical (unpaired) electrons. The number of hydrogen-bond acceptors (Lipinski definition) is 5. The smallest absolute Gasteiger partial charge is 0.261 e. The number of benzene rings is 1. The third-order valence-corrected chi connectivity index (χ3v) is 4.80. The van der Waals surface area contributed by atoms with E-state index in [1.807, 2.05) is 18.2 Å². The summed E-state index contributed by atoms with van der Waals surface area (Å²) in [5, 5.41) is 15.9. The Balaban J connectivity index is 1.91. The maximum absolute atomic E-state index is 12.6. The number of unbranched alkanes of at least 4 members (excludes halogenated alkanes) is 2. The Labute approximate surface area is 161 Å². The molecule has 0 spiro atoms. The number of amides is 3. The first-order chi connectivity index (χ1) is 13.1. The maximum Gasteiger partial charge on any atom is 0.261 e. The van der Waals surface area contributed by atoms with E-state index < -0.39 is 11.9 Å². The molecule has 0 aliphatic heterocycles. The van der Waals surface area contributed by atoms with Gasteiger partial charge in [0, 0.05) is 12.1 Å². The van der Waals surface area contributed by atoms with Crippen LogP contribution in [0.15, 0.2) is 47.8 Å².